The number of thiophene rings is 1. The van der Waals surface area contributed by atoms with Gasteiger partial charge in [-0.25, -0.2) is 9.87 Å². The van der Waals surface area contributed by atoms with E-state index in [1.54, 1.807) is 12.1 Å². The monoisotopic (exact) mass is 223 g/mol. The molecule has 4 heteroatoms. The van der Waals surface area contributed by atoms with Crippen molar-refractivity contribution in [3.05, 3.63) is 47.1 Å². The number of hydroxylamine groups is 1. The molecule has 0 fully saturated rings. The zero-order valence-electron chi connectivity index (χ0n) is 7.90. The summed E-state index contributed by atoms with van der Waals surface area (Å²) in [6.45, 7) is 0.318. The Kier molecular flexibility index (Phi) is 3.11. The molecule has 2 aromatic rings. The van der Waals surface area contributed by atoms with Crippen LogP contribution in [-0.2, 0) is 6.54 Å². The Hall–Kier alpha value is -1.23. The van der Waals surface area contributed by atoms with E-state index in [2.05, 4.69) is 5.48 Å². The number of nitrogens with one attached hydrogen (secondary N) is 1. The van der Waals surface area contributed by atoms with Gasteiger partial charge in [0.15, 0.2) is 0 Å². The van der Waals surface area contributed by atoms with Gasteiger partial charge in [0.1, 0.15) is 5.82 Å². The molecule has 0 saturated carbocycles. The first-order valence-electron chi connectivity index (χ1n) is 4.50. The molecule has 0 radical (unpaired) electrons. The van der Waals surface area contributed by atoms with E-state index in [-0.39, 0.29) is 5.82 Å². The van der Waals surface area contributed by atoms with E-state index >= 15 is 0 Å². The Balaban J connectivity index is 2.41. The van der Waals surface area contributed by atoms with Crippen LogP contribution in [0.4, 0.5) is 4.39 Å². The highest BCUT2D eigenvalue weighted by Gasteiger charge is 2.06. The molecule has 2 N–H and O–H groups in total. The first-order chi connectivity index (χ1) is 7.31. The van der Waals surface area contributed by atoms with Crippen LogP contribution in [0.2, 0.25) is 0 Å². The van der Waals surface area contributed by atoms with Gasteiger partial charge in [-0.1, -0.05) is 12.1 Å². The van der Waals surface area contributed by atoms with Crippen LogP contribution >= 0.6 is 11.3 Å². The molecule has 0 amide bonds. The van der Waals surface area contributed by atoms with E-state index in [4.69, 9.17) is 5.21 Å². The molecule has 78 valence electrons. The first kappa shape index (κ1) is 10.3. The van der Waals surface area contributed by atoms with E-state index in [1.807, 2.05) is 17.5 Å². The molecule has 0 aliphatic rings. The maximum atomic E-state index is 13.5. The number of benzene rings is 1. The van der Waals surface area contributed by atoms with Crippen LogP contribution in [0.5, 0.6) is 0 Å². The van der Waals surface area contributed by atoms with E-state index in [0.717, 1.165) is 10.4 Å². The third kappa shape index (κ3) is 2.23. The van der Waals surface area contributed by atoms with Gasteiger partial charge in [-0.15, -0.1) is 11.3 Å². The summed E-state index contributed by atoms with van der Waals surface area (Å²) in [5.41, 5.74) is 3.49. The zero-order valence-corrected chi connectivity index (χ0v) is 8.72. The molecule has 2 nitrogen and oxygen atoms in total. The molecule has 0 saturated heterocycles. The lowest BCUT2D eigenvalue weighted by molar-refractivity contribution is 0.161. The van der Waals surface area contributed by atoms with E-state index in [9.17, 15) is 4.39 Å². The Morgan fingerprint density at radius 2 is 2.20 bits per heavy atom. The SMILES string of the molecule is ONCc1ccc(F)c(-c2cccs2)c1. The summed E-state index contributed by atoms with van der Waals surface area (Å²) in [6.07, 6.45) is 0. The summed E-state index contributed by atoms with van der Waals surface area (Å²) in [5.74, 6) is -0.237. The van der Waals surface area contributed by atoms with Crippen molar-refractivity contribution < 1.29 is 9.60 Å². The van der Waals surface area contributed by atoms with Crippen molar-refractivity contribution in [2.75, 3.05) is 0 Å². The lowest BCUT2D eigenvalue weighted by Crippen LogP contribution is -2.06. The van der Waals surface area contributed by atoms with Gasteiger partial charge in [0, 0.05) is 17.0 Å². The van der Waals surface area contributed by atoms with E-state index in [0.29, 0.717) is 12.1 Å². The van der Waals surface area contributed by atoms with Crippen molar-refractivity contribution in [1.82, 2.24) is 5.48 Å². The number of hydrogen-bond acceptors (Lipinski definition) is 3. The van der Waals surface area contributed by atoms with E-state index in [1.165, 1.54) is 17.4 Å². The summed E-state index contributed by atoms with van der Waals surface area (Å²) in [4.78, 5) is 0.896. The van der Waals surface area contributed by atoms with Crippen LogP contribution in [0.1, 0.15) is 5.56 Å². The van der Waals surface area contributed by atoms with Crippen LogP contribution in [0.15, 0.2) is 35.7 Å². The van der Waals surface area contributed by atoms with Crippen molar-refractivity contribution in [2.24, 2.45) is 0 Å². The third-order valence-electron chi connectivity index (χ3n) is 2.10. The van der Waals surface area contributed by atoms with Crippen molar-refractivity contribution >= 4 is 11.3 Å². The summed E-state index contributed by atoms with van der Waals surface area (Å²) < 4.78 is 13.5. The fourth-order valence-corrected chi connectivity index (χ4v) is 2.14. The van der Waals surface area contributed by atoms with Gasteiger partial charge in [0.2, 0.25) is 0 Å². The average molecular weight is 223 g/mol. The lowest BCUT2D eigenvalue weighted by atomic mass is 10.1. The minimum absolute atomic E-state index is 0.237. The first-order valence-corrected chi connectivity index (χ1v) is 5.38. The van der Waals surface area contributed by atoms with Gasteiger partial charge in [-0.05, 0) is 29.1 Å². The van der Waals surface area contributed by atoms with Gasteiger partial charge in [0.25, 0.3) is 0 Å². The predicted molar refractivity (Wildman–Crippen MR) is 58.3 cm³/mol. The second-order valence-electron chi connectivity index (χ2n) is 3.13. The third-order valence-corrected chi connectivity index (χ3v) is 3.00. The summed E-state index contributed by atoms with van der Waals surface area (Å²) in [6, 6.07) is 8.57. The highest BCUT2D eigenvalue weighted by atomic mass is 32.1. The second kappa shape index (κ2) is 4.53. The molecule has 0 aliphatic carbocycles. The van der Waals surface area contributed by atoms with Crippen molar-refractivity contribution in [3.63, 3.8) is 0 Å². The largest absolute Gasteiger partial charge is 0.316 e. The fourth-order valence-electron chi connectivity index (χ4n) is 1.39. The summed E-state index contributed by atoms with van der Waals surface area (Å²) in [5, 5.41) is 10.5. The molecular weight excluding hydrogens is 213 g/mol. The second-order valence-corrected chi connectivity index (χ2v) is 4.07. The Morgan fingerprint density at radius 1 is 1.33 bits per heavy atom. The number of halogens is 1. The van der Waals surface area contributed by atoms with Crippen molar-refractivity contribution in [2.45, 2.75) is 6.54 Å². The maximum absolute atomic E-state index is 13.5. The normalized spacial score (nSPS) is 10.5. The standard InChI is InChI=1S/C11H10FNOS/c12-10-4-3-8(7-13-14)6-9(10)11-2-1-5-15-11/h1-6,13-14H,7H2. The zero-order chi connectivity index (χ0) is 10.7. The summed E-state index contributed by atoms with van der Waals surface area (Å²) >= 11 is 1.49. The number of hydrogen-bond donors (Lipinski definition) is 2. The van der Waals surface area contributed by atoms with Gasteiger partial charge in [0.05, 0.1) is 0 Å². The molecule has 0 atom stereocenters. The molecular formula is C11H10FNOS. The van der Waals surface area contributed by atoms with Gasteiger partial charge >= 0.3 is 0 Å². The lowest BCUT2D eigenvalue weighted by Gasteiger charge is -2.04. The minimum atomic E-state index is -0.237. The van der Waals surface area contributed by atoms with Gasteiger partial charge in [-0.2, -0.15) is 0 Å². The molecule has 0 aliphatic heterocycles. The highest BCUT2D eigenvalue weighted by Crippen LogP contribution is 2.27. The fraction of sp³-hybridized carbons (Fsp3) is 0.0909. The average Bonchev–Trinajstić information content (AvgIpc) is 2.74. The predicted octanol–water partition coefficient (Wildman–Crippen LogP) is 3.03. The highest BCUT2D eigenvalue weighted by molar-refractivity contribution is 7.13. The van der Waals surface area contributed by atoms with Crippen LogP contribution in [0, 0.1) is 5.82 Å². The molecule has 2 rings (SSSR count). The van der Waals surface area contributed by atoms with Gasteiger partial charge in [-0.3, -0.25) is 0 Å². The van der Waals surface area contributed by atoms with Crippen LogP contribution < -0.4 is 5.48 Å². The van der Waals surface area contributed by atoms with E-state index < -0.39 is 0 Å². The molecule has 1 aromatic carbocycles. The Bertz CT molecular complexity index is 442. The maximum Gasteiger partial charge on any atom is 0.131 e. The van der Waals surface area contributed by atoms with Crippen molar-refractivity contribution in [1.29, 1.82) is 0 Å². The van der Waals surface area contributed by atoms with Crippen molar-refractivity contribution in [3.8, 4) is 10.4 Å². The van der Waals surface area contributed by atoms with Crippen LogP contribution in [0.3, 0.4) is 0 Å². The summed E-state index contributed by atoms with van der Waals surface area (Å²) in [7, 11) is 0. The van der Waals surface area contributed by atoms with Crippen LogP contribution in [0.25, 0.3) is 10.4 Å². The van der Waals surface area contributed by atoms with Gasteiger partial charge < -0.3 is 5.21 Å². The molecule has 0 bridgehead atoms. The Morgan fingerprint density at radius 3 is 2.87 bits per heavy atom. The Labute approximate surface area is 91.0 Å². The molecule has 15 heavy (non-hydrogen) atoms. The smallest absolute Gasteiger partial charge is 0.131 e. The quantitative estimate of drug-likeness (QED) is 0.784. The minimum Gasteiger partial charge on any atom is -0.316 e. The molecule has 1 heterocycles. The topological polar surface area (TPSA) is 32.3 Å². The molecule has 0 unspecified atom stereocenters. The molecule has 0 spiro atoms. The van der Waals surface area contributed by atoms with Crippen LogP contribution in [-0.4, -0.2) is 5.21 Å². The molecule has 1 aromatic heterocycles. The number of rotatable bonds is 3.